The van der Waals surface area contributed by atoms with Crippen LogP contribution in [0.1, 0.15) is 12.8 Å². The molecule has 0 aliphatic heterocycles. The minimum absolute atomic E-state index is 0.0220. The first-order valence-corrected chi connectivity index (χ1v) is 11.0. The van der Waals surface area contributed by atoms with Gasteiger partial charge in [0, 0.05) is 37.0 Å². The predicted octanol–water partition coefficient (Wildman–Crippen LogP) is 3.67. The van der Waals surface area contributed by atoms with Crippen molar-refractivity contribution < 1.29 is 28.6 Å². The van der Waals surface area contributed by atoms with Gasteiger partial charge >= 0.3 is 18.0 Å². The van der Waals surface area contributed by atoms with Gasteiger partial charge in [-0.05, 0) is 30.7 Å². The molecule has 0 radical (unpaired) electrons. The third kappa shape index (κ3) is 10.5. The number of hydrogen-bond acceptors (Lipinski definition) is 7. The number of carbonyl (C=O) groups is 3. The number of rotatable bonds is 15. The Hall–Kier alpha value is -2.71. The summed E-state index contributed by atoms with van der Waals surface area (Å²) in [5.74, 6) is -0.0852. The molecule has 1 atom stereocenters. The van der Waals surface area contributed by atoms with Gasteiger partial charge in [-0.2, -0.15) is 0 Å². The molecule has 32 heavy (non-hydrogen) atoms. The lowest BCUT2D eigenvalue weighted by Gasteiger charge is -2.23. The molecule has 0 aromatic heterocycles. The van der Waals surface area contributed by atoms with Gasteiger partial charge in [0.15, 0.2) is 0 Å². The van der Waals surface area contributed by atoms with E-state index in [1.54, 1.807) is 24.3 Å². The van der Waals surface area contributed by atoms with Crippen LogP contribution < -0.4 is 15.0 Å². The predicted molar refractivity (Wildman–Crippen MR) is 125 cm³/mol. The molecule has 0 bridgehead atoms. The summed E-state index contributed by atoms with van der Waals surface area (Å²) in [6.07, 6.45) is 1.83. The molecule has 0 saturated carbocycles. The van der Waals surface area contributed by atoms with Crippen molar-refractivity contribution in [2.45, 2.75) is 18.9 Å². The Morgan fingerprint density at radius 2 is 1.59 bits per heavy atom. The highest BCUT2D eigenvalue weighted by Crippen LogP contribution is 2.20. The Bertz CT molecular complexity index is 751. The van der Waals surface area contributed by atoms with Gasteiger partial charge in [-0.15, -0.1) is 23.2 Å². The second kappa shape index (κ2) is 16.0. The van der Waals surface area contributed by atoms with E-state index in [-0.39, 0.29) is 31.8 Å². The number of nitrogens with zero attached hydrogens (tertiary/aromatic N) is 1. The standard InChI is InChI=1S/C22H28Cl2N2O6/c1-3-15-30-20(27)10-9-19(21(28)31-16-4-2)25-22(29)32-18-7-5-17(6-8-18)26(13-11-23)14-12-24/h3-8,19H,1-2,9-16H2,(H,25,29)/t19-/m0/s1. The van der Waals surface area contributed by atoms with Crippen LogP contribution in [0.2, 0.25) is 0 Å². The van der Waals surface area contributed by atoms with Crippen LogP contribution in [0, 0.1) is 0 Å². The molecule has 176 valence electrons. The van der Waals surface area contributed by atoms with Crippen molar-refractivity contribution in [3.8, 4) is 5.75 Å². The molecule has 0 saturated heterocycles. The van der Waals surface area contributed by atoms with E-state index in [4.69, 9.17) is 37.4 Å². The summed E-state index contributed by atoms with van der Waals surface area (Å²) in [6.45, 7) is 8.20. The second-order valence-electron chi connectivity index (χ2n) is 6.37. The minimum Gasteiger partial charge on any atom is -0.461 e. The SMILES string of the molecule is C=CCOC(=O)CC[C@H](NC(=O)Oc1ccc(N(CCCl)CCCl)cc1)C(=O)OCC=C. The number of nitrogens with one attached hydrogen (secondary N) is 1. The summed E-state index contributed by atoms with van der Waals surface area (Å²) in [5, 5.41) is 2.42. The van der Waals surface area contributed by atoms with Crippen molar-refractivity contribution in [3.63, 3.8) is 0 Å². The van der Waals surface area contributed by atoms with Crippen LogP contribution >= 0.6 is 23.2 Å². The Morgan fingerprint density at radius 1 is 1.00 bits per heavy atom. The van der Waals surface area contributed by atoms with Crippen LogP contribution in [0.3, 0.4) is 0 Å². The molecule has 0 spiro atoms. The second-order valence-corrected chi connectivity index (χ2v) is 7.13. The highest BCUT2D eigenvalue weighted by atomic mass is 35.5. The van der Waals surface area contributed by atoms with Gasteiger partial charge in [0.25, 0.3) is 0 Å². The summed E-state index contributed by atoms with van der Waals surface area (Å²) in [5.41, 5.74) is 0.878. The topological polar surface area (TPSA) is 94.2 Å². The highest BCUT2D eigenvalue weighted by molar-refractivity contribution is 6.18. The molecule has 1 N–H and O–H groups in total. The first-order valence-electron chi connectivity index (χ1n) is 9.94. The van der Waals surface area contributed by atoms with Crippen molar-refractivity contribution in [2.24, 2.45) is 0 Å². The maximum absolute atomic E-state index is 12.3. The van der Waals surface area contributed by atoms with Gasteiger partial charge in [0.05, 0.1) is 0 Å². The quantitative estimate of drug-likeness (QED) is 0.229. The zero-order valence-corrected chi connectivity index (χ0v) is 19.3. The number of alkyl halides is 2. The summed E-state index contributed by atoms with van der Waals surface area (Å²) < 4.78 is 15.1. The van der Waals surface area contributed by atoms with E-state index in [9.17, 15) is 14.4 Å². The van der Waals surface area contributed by atoms with E-state index in [0.717, 1.165) is 5.69 Å². The lowest BCUT2D eigenvalue weighted by molar-refractivity contribution is -0.146. The first kappa shape index (κ1) is 27.3. The Morgan fingerprint density at radius 3 is 2.16 bits per heavy atom. The van der Waals surface area contributed by atoms with E-state index < -0.39 is 24.1 Å². The number of carbonyl (C=O) groups excluding carboxylic acids is 3. The Kier molecular flexibility index (Phi) is 13.7. The van der Waals surface area contributed by atoms with Crippen molar-refractivity contribution >= 4 is 46.9 Å². The third-order valence-corrected chi connectivity index (χ3v) is 4.38. The molecule has 8 nitrogen and oxygen atoms in total. The molecule has 0 unspecified atom stereocenters. The number of ether oxygens (including phenoxy) is 3. The lowest BCUT2D eigenvalue weighted by atomic mass is 10.1. The molecule has 10 heteroatoms. The normalized spacial score (nSPS) is 11.1. The molecule has 0 aliphatic carbocycles. The van der Waals surface area contributed by atoms with Gasteiger partial charge < -0.3 is 24.4 Å². The minimum atomic E-state index is -1.10. The molecular formula is C22H28Cl2N2O6. The Balaban J connectivity index is 2.73. The summed E-state index contributed by atoms with van der Waals surface area (Å²) in [7, 11) is 0. The van der Waals surface area contributed by atoms with E-state index in [1.165, 1.54) is 12.2 Å². The fourth-order valence-corrected chi connectivity index (χ4v) is 2.96. The van der Waals surface area contributed by atoms with E-state index >= 15 is 0 Å². The zero-order chi connectivity index (χ0) is 23.8. The largest absolute Gasteiger partial charge is 0.461 e. The van der Waals surface area contributed by atoms with Crippen molar-refractivity contribution in [3.05, 3.63) is 49.6 Å². The first-order chi connectivity index (χ1) is 15.4. The summed E-state index contributed by atoms with van der Waals surface area (Å²) >= 11 is 11.6. The summed E-state index contributed by atoms with van der Waals surface area (Å²) in [6, 6.07) is 5.67. The highest BCUT2D eigenvalue weighted by Gasteiger charge is 2.24. The van der Waals surface area contributed by atoms with Crippen LogP contribution in [-0.4, -0.2) is 62.1 Å². The summed E-state index contributed by atoms with van der Waals surface area (Å²) in [4.78, 5) is 38.2. The number of hydrogen-bond donors (Lipinski definition) is 1. The molecule has 0 heterocycles. The van der Waals surface area contributed by atoms with Crippen LogP contribution in [-0.2, 0) is 19.1 Å². The van der Waals surface area contributed by atoms with Crippen molar-refractivity contribution in [2.75, 3.05) is 43.0 Å². The number of amides is 1. The van der Waals surface area contributed by atoms with Gasteiger partial charge in [-0.25, -0.2) is 9.59 Å². The van der Waals surface area contributed by atoms with E-state index in [2.05, 4.69) is 18.5 Å². The molecule has 1 amide bonds. The van der Waals surface area contributed by atoms with E-state index in [0.29, 0.717) is 24.8 Å². The van der Waals surface area contributed by atoms with Gasteiger partial charge in [0.2, 0.25) is 0 Å². The molecular weight excluding hydrogens is 459 g/mol. The maximum Gasteiger partial charge on any atom is 0.413 e. The lowest BCUT2D eigenvalue weighted by Crippen LogP contribution is -2.43. The fourth-order valence-electron chi connectivity index (χ4n) is 2.55. The van der Waals surface area contributed by atoms with Crippen LogP contribution in [0.4, 0.5) is 10.5 Å². The molecule has 0 fully saturated rings. The molecule has 1 aromatic rings. The van der Waals surface area contributed by atoms with E-state index in [1.807, 2.05) is 4.90 Å². The number of benzene rings is 1. The van der Waals surface area contributed by atoms with Crippen molar-refractivity contribution in [1.29, 1.82) is 0 Å². The molecule has 1 rings (SSSR count). The van der Waals surface area contributed by atoms with Gasteiger partial charge in [-0.1, -0.05) is 25.3 Å². The van der Waals surface area contributed by atoms with Crippen LogP contribution in [0.5, 0.6) is 5.75 Å². The van der Waals surface area contributed by atoms with Gasteiger partial charge in [-0.3, -0.25) is 4.79 Å². The zero-order valence-electron chi connectivity index (χ0n) is 17.8. The average molecular weight is 487 g/mol. The fraction of sp³-hybridized carbons (Fsp3) is 0.409. The number of anilines is 1. The maximum atomic E-state index is 12.3. The van der Waals surface area contributed by atoms with Crippen LogP contribution in [0.25, 0.3) is 0 Å². The third-order valence-electron chi connectivity index (χ3n) is 4.04. The smallest absolute Gasteiger partial charge is 0.413 e. The monoisotopic (exact) mass is 486 g/mol. The molecule has 0 aliphatic rings. The van der Waals surface area contributed by atoms with Crippen LogP contribution in [0.15, 0.2) is 49.6 Å². The van der Waals surface area contributed by atoms with Crippen molar-refractivity contribution in [1.82, 2.24) is 5.32 Å². The molecule has 1 aromatic carbocycles. The number of halogens is 2. The average Bonchev–Trinajstić information content (AvgIpc) is 2.79. The Labute approximate surface area is 198 Å². The van der Waals surface area contributed by atoms with Gasteiger partial charge in [0.1, 0.15) is 25.0 Å². The number of esters is 2.